The smallest absolute Gasteiger partial charge is 0.229 e. The fourth-order valence-electron chi connectivity index (χ4n) is 1.99. The van der Waals surface area contributed by atoms with Crippen LogP contribution in [0.1, 0.15) is 43.5 Å². The SMILES string of the molecule is CC[C@H](NC(=O)C1(CO)CC1)c1ccc(C)cn1. The third-order valence-corrected chi connectivity index (χ3v) is 3.64. The van der Waals surface area contributed by atoms with Crippen molar-refractivity contribution in [3.63, 3.8) is 0 Å². The third kappa shape index (κ3) is 2.53. The van der Waals surface area contributed by atoms with Crippen LogP contribution < -0.4 is 5.32 Å². The van der Waals surface area contributed by atoms with Crippen molar-refractivity contribution < 1.29 is 9.90 Å². The Morgan fingerprint density at radius 2 is 2.28 bits per heavy atom. The number of aromatic nitrogens is 1. The second kappa shape index (κ2) is 5.06. The molecule has 2 rings (SSSR count). The quantitative estimate of drug-likeness (QED) is 0.834. The number of nitrogens with one attached hydrogen (secondary N) is 1. The van der Waals surface area contributed by atoms with E-state index in [9.17, 15) is 9.90 Å². The van der Waals surface area contributed by atoms with Crippen molar-refractivity contribution in [3.05, 3.63) is 29.6 Å². The lowest BCUT2D eigenvalue weighted by Crippen LogP contribution is -2.37. The molecule has 0 radical (unpaired) electrons. The lowest BCUT2D eigenvalue weighted by molar-refractivity contribution is -0.128. The Morgan fingerprint density at radius 1 is 1.56 bits per heavy atom. The highest BCUT2D eigenvalue weighted by Gasteiger charge is 2.49. The monoisotopic (exact) mass is 248 g/mol. The summed E-state index contributed by atoms with van der Waals surface area (Å²) in [6.07, 6.45) is 4.17. The number of aryl methyl sites for hydroxylation is 1. The summed E-state index contributed by atoms with van der Waals surface area (Å²) < 4.78 is 0. The van der Waals surface area contributed by atoms with Gasteiger partial charge in [-0.15, -0.1) is 0 Å². The summed E-state index contributed by atoms with van der Waals surface area (Å²) in [5.74, 6) is -0.0424. The van der Waals surface area contributed by atoms with Crippen molar-refractivity contribution in [3.8, 4) is 0 Å². The van der Waals surface area contributed by atoms with Crippen LogP contribution in [0.25, 0.3) is 0 Å². The maximum atomic E-state index is 12.1. The molecule has 0 spiro atoms. The molecule has 0 saturated heterocycles. The van der Waals surface area contributed by atoms with Gasteiger partial charge in [-0.25, -0.2) is 0 Å². The molecule has 1 saturated carbocycles. The van der Waals surface area contributed by atoms with Crippen LogP contribution in [0.15, 0.2) is 18.3 Å². The van der Waals surface area contributed by atoms with E-state index in [0.717, 1.165) is 30.5 Å². The van der Waals surface area contributed by atoms with Crippen LogP contribution in [0.4, 0.5) is 0 Å². The Bertz CT molecular complexity index is 424. The Labute approximate surface area is 107 Å². The molecule has 1 aromatic heterocycles. The first kappa shape index (κ1) is 13.0. The molecule has 0 aromatic carbocycles. The Kier molecular flexibility index (Phi) is 3.66. The van der Waals surface area contributed by atoms with Gasteiger partial charge in [0.15, 0.2) is 0 Å². The average Bonchev–Trinajstić information content (AvgIpc) is 3.18. The molecule has 0 bridgehead atoms. The largest absolute Gasteiger partial charge is 0.395 e. The number of carbonyl (C=O) groups is 1. The van der Waals surface area contributed by atoms with Gasteiger partial charge in [0.05, 0.1) is 23.8 Å². The first-order chi connectivity index (χ1) is 8.61. The number of aliphatic hydroxyl groups excluding tert-OH is 1. The zero-order valence-electron chi connectivity index (χ0n) is 10.9. The standard InChI is InChI=1S/C14H20N2O2/c1-3-11(12-5-4-10(2)8-15-12)16-13(18)14(9-17)6-7-14/h4-5,8,11,17H,3,6-7,9H2,1-2H3,(H,16,18)/t11-/m0/s1. The molecular formula is C14H20N2O2. The highest BCUT2D eigenvalue weighted by atomic mass is 16.3. The first-order valence-corrected chi connectivity index (χ1v) is 6.45. The molecule has 0 aliphatic heterocycles. The van der Waals surface area contributed by atoms with Crippen molar-refractivity contribution in [1.82, 2.24) is 10.3 Å². The molecule has 4 nitrogen and oxygen atoms in total. The van der Waals surface area contributed by atoms with Crippen molar-refractivity contribution in [2.24, 2.45) is 5.41 Å². The summed E-state index contributed by atoms with van der Waals surface area (Å²) in [6, 6.07) is 3.88. The second-order valence-electron chi connectivity index (χ2n) is 5.13. The number of amides is 1. The van der Waals surface area contributed by atoms with E-state index in [4.69, 9.17) is 0 Å². The molecule has 1 amide bonds. The van der Waals surface area contributed by atoms with Crippen LogP contribution >= 0.6 is 0 Å². The number of aliphatic hydroxyl groups is 1. The van der Waals surface area contributed by atoms with Gasteiger partial charge in [-0.2, -0.15) is 0 Å². The van der Waals surface area contributed by atoms with Crippen LogP contribution in [0, 0.1) is 12.3 Å². The highest BCUT2D eigenvalue weighted by Crippen LogP contribution is 2.45. The van der Waals surface area contributed by atoms with E-state index < -0.39 is 5.41 Å². The molecule has 1 aliphatic rings. The van der Waals surface area contributed by atoms with E-state index in [0.29, 0.717) is 0 Å². The van der Waals surface area contributed by atoms with Gasteiger partial charge in [0.1, 0.15) is 0 Å². The minimum absolute atomic E-state index is 0.0424. The second-order valence-corrected chi connectivity index (χ2v) is 5.13. The van der Waals surface area contributed by atoms with Gasteiger partial charge in [0.2, 0.25) is 5.91 Å². The van der Waals surface area contributed by atoms with Crippen LogP contribution in [-0.4, -0.2) is 22.6 Å². The molecule has 1 aromatic rings. The maximum absolute atomic E-state index is 12.1. The molecule has 1 heterocycles. The number of nitrogens with zero attached hydrogens (tertiary/aromatic N) is 1. The molecule has 18 heavy (non-hydrogen) atoms. The van der Waals surface area contributed by atoms with Crippen molar-refractivity contribution in [2.75, 3.05) is 6.61 Å². The fraction of sp³-hybridized carbons (Fsp3) is 0.571. The van der Waals surface area contributed by atoms with Crippen LogP contribution in [0.2, 0.25) is 0 Å². The Hall–Kier alpha value is -1.42. The zero-order valence-corrected chi connectivity index (χ0v) is 10.9. The molecular weight excluding hydrogens is 228 g/mol. The van der Waals surface area contributed by atoms with Gasteiger partial charge < -0.3 is 10.4 Å². The lowest BCUT2D eigenvalue weighted by Gasteiger charge is -2.20. The average molecular weight is 248 g/mol. The normalized spacial score (nSPS) is 18.2. The number of hydrogen-bond donors (Lipinski definition) is 2. The summed E-state index contributed by atoms with van der Waals surface area (Å²) >= 11 is 0. The van der Waals surface area contributed by atoms with Crippen molar-refractivity contribution in [2.45, 2.75) is 39.2 Å². The van der Waals surface area contributed by atoms with E-state index in [-0.39, 0.29) is 18.6 Å². The van der Waals surface area contributed by atoms with Crippen LogP contribution in [0.3, 0.4) is 0 Å². The highest BCUT2D eigenvalue weighted by molar-refractivity contribution is 5.85. The summed E-state index contributed by atoms with van der Waals surface area (Å²) in [5.41, 5.74) is 1.47. The first-order valence-electron chi connectivity index (χ1n) is 6.45. The Morgan fingerprint density at radius 3 is 2.72 bits per heavy atom. The molecule has 0 unspecified atom stereocenters. The van der Waals surface area contributed by atoms with Gasteiger partial charge in [-0.1, -0.05) is 13.0 Å². The molecule has 1 atom stereocenters. The van der Waals surface area contributed by atoms with E-state index >= 15 is 0 Å². The van der Waals surface area contributed by atoms with Gasteiger partial charge >= 0.3 is 0 Å². The topological polar surface area (TPSA) is 62.2 Å². The summed E-state index contributed by atoms with van der Waals surface area (Å²) in [6.45, 7) is 3.95. The lowest BCUT2D eigenvalue weighted by atomic mass is 10.0. The van der Waals surface area contributed by atoms with E-state index in [1.54, 1.807) is 0 Å². The van der Waals surface area contributed by atoms with E-state index in [2.05, 4.69) is 10.3 Å². The van der Waals surface area contributed by atoms with Gasteiger partial charge in [0.25, 0.3) is 0 Å². The molecule has 1 fully saturated rings. The van der Waals surface area contributed by atoms with E-state index in [1.807, 2.05) is 32.2 Å². The molecule has 98 valence electrons. The van der Waals surface area contributed by atoms with Crippen molar-refractivity contribution >= 4 is 5.91 Å². The predicted octanol–water partition coefficient (Wildman–Crippen LogP) is 1.73. The summed E-state index contributed by atoms with van der Waals surface area (Å²) in [7, 11) is 0. The fourth-order valence-corrected chi connectivity index (χ4v) is 1.99. The van der Waals surface area contributed by atoms with Crippen molar-refractivity contribution in [1.29, 1.82) is 0 Å². The molecule has 2 N–H and O–H groups in total. The van der Waals surface area contributed by atoms with Gasteiger partial charge in [-0.3, -0.25) is 9.78 Å². The zero-order chi connectivity index (χ0) is 13.2. The van der Waals surface area contributed by atoms with Gasteiger partial charge in [-0.05, 0) is 37.8 Å². The number of hydrogen-bond acceptors (Lipinski definition) is 3. The number of carbonyl (C=O) groups excluding carboxylic acids is 1. The number of rotatable bonds is 5. The minimum atomic E-state index is -0.516. The number of pyridine rings is 1. The summed E-state index contributed by atoms with van der Waals surface area (Å²) in [5, 5.41) is 12.2. The maximum Gasteiger partial charge on any atom is 0.229 e. The Balaban J connectivity index is 2.05. The third-order valence-electron chi connectivity index (χ3n) is 3.64. The molecule has 1 aliphatic carbocycles. The van der Waals surface area contributed by atoms with Crippen LogP contribution in [-0.2, 0) is 4.79 Å². The predicted molar refractivity (Wildman–Crippen MR) is 68.9 cm³/mol. The minimum Gasteiger partial charge on any atom is -0.395 e. The van der Waals surface area contributed by atoms with Crippen LogP contribution in [0.5, 0.6) is 0 Å². The van der Waals surface area contributed by atoms with E-state index in [1.165, 1.54) is 0 Å². The summed E-state index contributed by atoms with van der Waals surface area (Å²) in [4.78, 5) is 16.4. The van der Waals surface area contributed by atoms with Gasteiger partial charge in [0, 0.05) is 6.20 Å². The molecule has 4 heteroatoms.